The Morgan fingerprint density at radius 2 is 2.00 bits per heavy atom. The summed E-state index contributed by atoms with van der Waals surface area (Å²) in [4.78, 5) is 0. The first kappa shape index (κ1) is 14.0. The average Bonchev–Trinajstić information content (AvgIpc) is 2.19. The first-order valence-corrected chi connectivity index (χ1v) is 6.05. The van der Waals surface area contributed by atoms with Crippen LogP contribution in [0.4, 0.5) is 10.1 Å². The Bertz CT molecular complexity index is 369. The molecule has 0 aliphatic heterocycles. The standard InChI is InChI=1S/C14H23FN2/c1-10(14(2,3)4)8-17-9-11-5-6-12(16)7-13(11)15/h5-7,10,17H,8-9,16H2,1-4H3. The van der Waals surface area contributed by atoms with Crippen molar-refractivity contribution >= 4 is 5.69 Å². The molecule has 0 radical (unpaired) electrons. The molecule has 2 nitrogen and oxygen atoms in total. The summed E-state index contributed by atoms with van der Waals surface area (Å²) >= 11 is 0. The predicted octanol–water partition coefficient (Wildman–Crippen LogP) is 3.18. The number of nitrogen functional groups attached to an aromatic ring is 1. The van der Waals surface area contributed by atoms with Gasteiger partial charge in [0, 0.05) is 17.8 Å². The number of rotatable bonds is 4. The molecular weight excluding hydrogens is 215 g/mol. The molecule has 1 aromatic rings. The number of nitrogens with one attached hydrogen (secondary N) is 1. The Hall–Kier alpha value is -1.09. The zero-order valence-electron chi connectivity index (χ0n) is 11.2. The summed E-state index contributed by atoms with van der Waals surface area (Å²) < 4.78 is 13.5. The van der Waals surface area contributed by atoms with Gasteiger partial charge in [-0.1, -0.05) is 33.8 Å². The van der Waals surface area contributed by atoms with E-state index in [0.29, 0.717) is 23.7 Å². The average molecular weight is 238 g/mol. The van der Waals surface area contributed by atoms with Crippen molar-refractivity contribution < 1.29 is 4.39 Å². The minimum absolute atomic E-state index is 0.235. The van der Waals surface area contributed by atoms with E-state index in [9.17, 15) is 4.39 Å². The van der Waals surface area contributed by atoms with Crippen LogP contribution in [0.5, 0.6) is 0 Å². The third-order valence-electron chi connectivity index (χ3n) is 3.32. The number of benzene rings is 1. The maximum atomic E-state index is 13.5. The topological polar surface area (TPSA) is 38.0 Å². The molecule has 0 aliphatic rings. The molecule has 0 amide bonds. The van der Waals surface area contributed by atoms with Gasteiger partial charge in [0.1, 0.15) is 5.82 Å². The summed E-state index contributed by atoms with van der Waals surface area (Å²) in [5.41, 5.74) is 6.91. The monoisotopic (exact) mass is 238 g/mol. The second-order valence-corrected chi connectivity index (χ2v) is 5.75. The molecule has 0 aliphatic carbocycles. The van der Waals surface area contributed by atoms with Crippen LogP contribution in [0.2, 0.25) is 0 Å². The molecule has 96 valence electrons. The lowest BCUT2D eigenvalue weighted by Crippen LogP contribution is -2.29. The van der Waals surface area contributed by atoms with Gasteiger partial charge >= 0.3 is 0 Å². The molecule has 0 spiro atoms. The summed E-state index contributed by atoms with van der Waals surface area (Å²) in [5.74, 6) is 0.306. The number of halogens is 1. The lowest BCUT2D eigenvalue weighted by Gasteiger charge is -2.27. The SMILES string of the molecule is CC(CNCc1ccc(N)cc1F)C(C)(C)C. The number of anilines is 1. The smallest absolute Gasteiger partial charge is 0.129 e. The van der Waals surface area contributed by atoms with Gasteiger partial charge in [-0.05, 0) is 30.0 Å². The molecule has 3 heteroatoms. The summed E-state index contributed by atoms with van der Waals surface area (Å²) in [7, 11) is 0. The summed E-state index contributed by atoms with van der Waals surface area (Å²) in [5, 5.41) is 3.29. The van der Waals surface area contributed by atoms with E-state index >= 15 is 0 Å². The third-order valence-corrected chi connectivity index (χ3v) is 3.32. The summed E-state index contributed by atoms with van der Waals surface area (Å²) in [6, 6.07) is 4.83. The molecule has 1 aromatic carbocycles. The molecule has 1 rings (SSSR count). The Morgan fingerprint density at radius 1 is 1.35 bits per heavy atom. The van der Waals surface area contributed by atoms with Crippen molar-refractivity contribution in [2.45, 2.75) is 34.2 Å². The van der Waals surface area contributed by atoms with E-state index in [1.807, 2.05) is 0 Å². The normalized spacial score (nSPS) is 13.7. The number of nitrogens with two attached hydrogens (primary N) is 1. The maximum absolute atomic E-state index is 13.5. The highest BCUT2D eigenvalue weighted by Crippen LogP contribution is 2.24. The van der Waals surface area contributed by atoms with E-state index in [1.165, 1.54) is 6.07 Å². The van der Waals surface area contributed by atoms with Crippen LogP contribution in [0.25, 0.3) is 0 Å². The fraction of sp³-hybridized carbons (Fsp3) is 0.571. The summed E-state index contributed by atoms with van der Waals surface area (Å²) in [6.07, 6.45) is 0. The summed E-state index contributed by atoms with van der Waals surface area (Å²) in [6.45, 7) is 10.3. The molecule has 3 N–H and O–H groups in total. The lowest BCUT2D eigenvalue weighted by molar-refractivity contribution is 0.252. The third kappa shape index (κ3) is 4.35. The van der Waals surface area contributed by atoms with Crippen molar-refractivity contribution in [3.05, 3.63) is 29.6 Å². The van der Waals surface area contributed by atoms with Gasteiger partial charge in [-0.25, -0.2) is 4.39 Å². The van der Waals surface area contributed by atoms with Crippen molar-refractivity contribution in [3.63, 3.8) is 0 Å². The van der Waals surface area contributed by atoms with Crippen LogP contribution >= 0.6 is 0 Å². The quantitative estimate of drug-likeness (QED) is 0.791. The molecule has 1 atom stereocenters. The molecule has 0 bridgehead atoms. The van der Waals surface area contributed by atoms with E-state index in [4.69, 9.17) is 5.73 Å². The zero-order valence-corrected chi connectivity index (χ0v) is 11.2. The van der Waals surface area contributed by atoms with Crippen LogP contribution in [-0.4, -0.2) is 6.54 Å². The van der Waals surface area contributed by atoms with E-state index in [-0.39, 0.29) is 11.2 Å². The van der Waals surface area contributed by atoms with Gasteiger partial charge in [-0.3, -0.25) is 0 Å². The first-order chi connectivity index (χ1) is 7.80. The van der Waals surface area contributed by atoms with Crippen LogP contribution < -0.4 is 11.1 Å². The van der Waals surface area contributed by atoms with E-state index in [0.717, 1.165) is 6.54 Å². The van der Waals surface area contributed by atoms with Gasteiger partial charge < -0.3 is 11.1 Å². The van der Waals surface area contributed by atoms with Crippen molar-refractivity contribution in [1.29, 1.82) is 0 Å². The molecule has 0 fully saturated rings. The number of hydrogen-bond donors (Lipinski definition) is 2. The van der Waals surface area contributed by atoms with Crippen molar-refractivity contribution in [1.82, 2.24) is 5.32 Å². The van der Waals surface area contributed by atoms with Crippen LogP contribution in [-0.2, 0) is 6.54 Å². The Morgan fingerprint density at radius 3 is 2.53 bits per heavy atom. The Balaban J connectivity index is 2.46. The molecular formula is C14H23FN2. The largest absolute Gasteiger partial charge is 0.399 e. The molecule has 0 heterocycles. The minimum Gasteiger partial charge on any atom is -0.399 e. The highest BCUT2D eigenvalue weighted by atomic mass is 19.1. The first-order valence-electron chi connectivity index (χ1n) is 6.05. The van der Waals surface area contributed by atoms with Crippen molar-refractivity contribution in [3.8, 4) is 0 Å². The van der Waals surface area contributed by atoms with E-state index in [1.54, 1.807) is 12.1 Å². The minimum atomic E-state index is -0.235. The van der Waals surface area contributed by atoms with Crippen LogP contribution in [0.3, 0.4) is 0 Å². The molecule has 1 unspecified atom stereocenters. The number of hydrogen-bond acceptors (Lipinski definition) is 2. The van der Waals surface area contributed by atoms with Gasteiger partial charge in [-0.15, -0.1) is 0 Å². The molecule has 0 aromatic heterocycles. The zero-order chi connectivity index (χ0) is 13.1. The lowest BCUT2D eigenvalue weighted by atomic mass is 9.82. The molecule has 0 saturated heterocycles. The maximum Gasteiger partial charge on any atom is 0.129 e. The second-order valence-electron chi connectivity index (χ2n) is 5.75. The second kappa shape index (κ2) is 5.50. The van der Waals surface area contributed by atoms with E-state index < -0.39 is 0 Å². The highest BCUT2D eigenvalue weighted by molar-refractivity contribution is 5.40. The van der Waals surface area contributed by atoms with Crippen LogP contribution in [0, 0.1) is 17.2 Å². The van der Waals surface area contributed by atoms with Crippen LogP contribution in [0.1, 0.15) is 33.3 Å². The van der Waals surface area contributed by atoms with Gasteiger partial charge in [0.15, 0.2) is 0 Å². The molecule has 17 heavy (non-hydrogen) atoms. The van der Waals surface area contributed by atoms with Gasteiger partial charge in [0.05, 0.1) is 0 Å². The van der Waals surface area contributed by atoms with Gasteiger partial charge in [-0.2, -0.15) is 0 Å². The van der Waals surface area contributed by atoms with E-state index in [2.05, 4.69) is 33.0 Å². The van der Waals surface area contributed by atoms with Crippen LogP contribution in [0.15, 0.2) is 18.2 Å². The fourth-order valence-corrected chi connectivity index (χ4v) is 1.44. The van der Waals surface area contributed by atoms with Crippen molar-refractivity contribution in [2.24, 2.45) is 11.3 Å². The van der Waals surface area contributed by atoms with Crippen molar-refractivity contribution in [2.75, 3.05) is 12.3 Å². The molecule has 0 saturated carbocycles. The Kier molecular flexibility index (Phi) is 4.52. The van der Waals surface area contributed by atoms with Gasteiger partial charge in [0.25, 0.3) is 0 Å². The highest BCUT2D eigenvalue weighted by Gasteiger charge is 2.19. The predicted molar refractivity (Wildman–Crippen MR) is 71.1 cm³/mol. The van der Waals surface area contributed by atoms with Gasteiger partial charge in [0.2, 0.25) is 0 Å². The fourth-order valence-electron chi connectivity index (χ4n) is 1.44. The Labute approximate surface area is 103 Å².